The first-order valence-electron chi connectivity index (χ1n) is 6.93. The lowest BCUT2D eigenvalue weighted by Crippen LogP contribution is -2.27. The molecule has 0 amide bonds. The number of rotatable bonds is 3. The van der Waals surface area contributed by atoms with Crippen molar-refractivity contribution in [3.05, 3.63) is 55.1 Å². The second-order valence-electron chi connectivity index (χ2n) is 5.31. The fraction of sp³-hybridized carbons (Fsp3) is 0.375. The van der Waals surface area contributed by atoms with Gasteiger partial charge in [-0.15, -0.1) is 11.3 Å². The average molecular weight is 371 g/mol. The van der Waals surface area contributed by atoms with Crippen LogP contribution in [-0.4, -0.2) is 0 Å². The summed E-state index contributed by atoms with van der Waals surface area (Å²) in [6, 6.07) is 11.5. The molecule has 1 aliphatic carbocycles. The molecule has 1 aromatic carbocycles. The van der Waals surface area contributed by atoms with E-state index in [0.29, 0.717) is 12.1 Å². The summed E-state index contributed by atoms with van der Waals surface area (Å²) in [5.74, 6) is 0. The molecule has 1 unspecified atom stereocenters. The summed E-state index contributed by atoms with van der Waals surface area (Å²) in [5.41, 5.74) is 2.73. The Morgan fingerprint density at radius 2 is 2.10 bits per heavy atom. The number of fused-ring (bicyclic) bond motifs is 1. The lowest BCUT2D eigenvalue weighted by Gasteiger charge is -2.27. The molecule has 2 aromatic rings. The summed E-state index contributed by atoms with van der Waals surface area (Å²) in [5, 5.41) is 3.76. The quantitative estimate of drug-likeness (QED) is 0.710. The van der Waals surface area contributed by atoms with E-state index in [2.05, 4.69) is 58.5 Å². The third-order valence-corrected chi connectivity index (χ3v) is 5.77. The molecule has 1 aliphatic rings. The molecule has 1 N–H and O–H groups in total. The van der Waals surface area contributed by atoms with E-state index in [-0.39, 0.29) is 0 Å². The molecular formula is C16H17BrClNS. The van der Waals surface area contributed by atoms with Crippen molar-refractivity contribution in [2.24, 2.45) is 0 Å². The van der Waals surface area contributed by atoms with Gasteiger partial charge in [0.05, 0.1) is 4.34 Å². The fourth-order valence-corrected chi connectivity index (χ4v) is 4.49. The molecule has 1 aromatic heterocycles. The minimum absolute atomic E-state index is 0.345. The molecule has 106 valence electrons. The molecule has 0 aliphatic heterocycles. The first-order valence-corrected chi connectivity index (χ1v) is 8.92. The first kappa shape index (κ1) is 14.6. The Hall–Kier alpha value is -0.350. The molecule has 0 bridgehead atoms. The maximum atomic E-state index is 6.17. The molecule has 3 rings (SSSR count). The maximum Gasteiger partial charge on any atom is 0.0934 e. The highest BCUT2D eigenvalue weighted by atomic mass is 79.9. The first-order chi connectivity index (χ1) is 9.63. The van der Waals surface area contributed by atoms with E-state index in [4.69, 9.17) is 11.6 Å². The molecule has 1 heterocycles. The van der Waals surface area contributed by atoms with Crippen molar-refractivity contribution in [3.8, 4) is 0 Å². The standard InChI is InChI=1S/C16H17BrClNS/c1-10(11-5-7-12(17)8-6-11)19-14-3-2-4-15-13(14)9-16(18)20-15/h5-10,14,19H,2-4H2,1H3/t10-,14?/m1/s1. The predicted octanol–water partition coefficient (Wildman–Crippen LogP) is 5.89. The van der Waals surface area contributed by atoms with Crippen LogP contribution in [0.1, 0.15) is 47.9 Å². The van der Waals surface area contributed by atoms with Crippen LogP contribution in [-0.2, 0) is 6.42 Å². The number of thiophene rings is 1. The van der Waals surface area contributed by atoms with Crippen molar-refractivity contribution in [3.63, 3.8) is 0 Å². The number of aryl methyl sites for hydroxylation is 1. The van der Waals surface area contributed by atoms with Crippen molar-refractivity contribution in [2.75, 3.05) is 0 Å². The Morgan fingerprint density at radius 1 is 1.35 bits per heavy atom. The van der Waals surface area contributed by atoms with E-state index in [1.807, 2.05) is 0 Å². The summed E-state index contributed by atoms with van der Waals surface area (Å²) in [4.78, 5) is 1.46. The summed E-state index contributed by atoms with van der Waals surface area (Å²) in [6.07, 6.45) is 3.62. The van der Waals surface area contributed by atoms with Gasteiger partial charge in [0, 0.05) is 21.4 Å². The van der Waals surface area contributed by atoms with Gasteiger partial charge in [0.15, 0.2) is 0 Å². The fourth-order valence-electron chi connectivity index (χ4n) is 2.84. The highest BCUT2D eigenvalue weighted by Gasteiger charge is 2.24. The van der Waals surface area contributed by atoms with Crippen LogP contribution in [0.4, 0.5) is 0 Å². The summed E-state index contributed by atoms with van der Waals surface area (Å²) in [7, 11) is 0. The van der Waals surface area contributed by atoms with Gasteiger partial charge in [-0.2, -0.15) is 0 Å². The van der Waals surface area contributed by atoms with Crippen LogP contribution < -0.4 is 5.32 Å². The smallest absolute Gasteiger partial charge is 0.0934 e. The van der Waals surface area contributed by atoms with Crippen molar-refractivity contribution in [1.82, 2.24) is 5.32 Å². The molecule has 0 radical (unpaired) electrons. The third-order valence-electron chi connectivity index (χ3n) is 3.90. The molecule has 4 heteroatoms. The second kappa shape index (κ2) is 6.18. The summed E-state index contributed by atoms with van der Waals surface area (Å²) >= 11 is 11.4. The van der Waals surface area contributed by atoms with Crippen molar-refractivity contribution >= 4 is 38.9 Å². The van der Waals surface area contributed by atoms with Crippen LogP contribution in [0.15, 0.2) is 34.8 Å². The molecule has 0 saturated heterocycles. The van der Waals surface area contributed by atoms with Gasteiger partial charge in [0.25, 0.3) is 0 Å². The summed E-state index contributed by atoms with van der Waals surface area (Å²) < 4.78 is 2.04. The Kier molecular flexibility index (Phi) is 4.51. The number of hydrogen-bond acceptors (Lipinski definition) is 2. The zero-order valence-electron chi connectivity index (χ0n) is 11.3. The largest absolute Gasteiger partial charge is 0.303 e. The highest BCUT2D eigenvalue weighted by Crippen LogP contribution is 2.38. The molecule has 2 atom stereocenters. The van der Waals surface area contributed by atoms with E-state index in [9.17, 15) is 0 Å². The minimum Gasteiger partial charge on any atom is -0.303 e. The number of benzene rings is 1. The molecule has 0 fully saturated rings. The zero-order valence-corrected chi connectivity index (χ0v) is 14.5. The molecular weight excluding hydrogens is 354 g/mol. The highest BCUT2D eigenvalue weighted by molar-refractivity contribution is 9.10. The van der Waals surface area contributed by atoms with Gasteiger partial charge in [-0.1, -0.05) is 39.7 Å². The topological polar surface area (TPSA) is 12.0 Å². The Balaban J connectivity index is 1.76. The van der Waals surface area contributed by atoms with Crippen LogP contribution in [0.3, 0.4) is 0 Å². The van der Waals surface area contributed by atoms with Gasteiger partial charge in [0.1, 0.15) is 0 Å². The predicted molar refractivity (Wildman–Crippen MR) is 90.7 cm³/mol. The van der Waals surface area contributed by atoms with Gasteiger partial charge in [0.2, 0.25) is 0 Å². The van der Waals surface area contributed by atoms with Gasteiger partial charge in [-0.05, 0) is 55.5 Å². The van der Waals surface area contributed by atoms with E-state index in [1.165, 1.54) is 35.3 Å². The molecule has 1 nitrogen and oxygen atoms in total. The monoisotopic (exact) mass is 369 g/mol. The van der Waals surface area contributed by atoms with Crippen LogP contribution in [0.25, 0.3) is 0 Å². The molecule has 20 heavy (non-hydrogen) atoms. The van der Waals surface area contributed by atoms with Gasteiger partial charge < -0.3 is 5.32 Å². The van der Waals surface area contributed by atoms with Crippen LogP contribution >= 0.6 is 38.9 Å². The van der Waals surface area contributed by atoms with Crippen molar-refractivity contribution < 1.29 is 0 Å². The third kappa shape index (κ3) is 3.11. The van der Waals surface area contributed by atoms with E-state index >= 15 is 0 Å². The Morgan fingerprint density at radius 3 is 2.85 bits per heavy atom. The zero-order chi connectivity index (χ0) is 14.1. The lowest BCUT2D eigenvalue weighted by atomic mass is 9.93. The van der Waals surface area contributed by atoms with E-state index in [0.717, 1.165) is 8.81 Å². The lowest BCUT2D eigenvalue weighted by molar-refractivity contribution is 0.418. The van der Waals surface area contributed by atoms with Crippen LogP contribution in [0.5, 0.6) is 0 Å². The van der Waals surface area contributed by atoms with Crippen molar-refractivity contribution in [2.45, 2.75) is 38.3 Å². The van der Waals surface area contributed by atoms with Crippen LogP contribution in [0.2, 0.25) is 4.34 Å². The second-order valence-corrected chi connectivity index (χ2v) is 8.00. The SMILES string of the molecule is C[C@@H](NC1CCCc2sc(Cl)cc21)c1ccc(Br)cc1. The Labute approximate surface area is 137 Å². The average Bonchev–Trinajstić information content (AvgIpc) is 2.81. The van der Waals surface area contributed by atoms with Gasteiger partial charge >= 0.3 is 0 Å². The Bertz CT molecular complexity index is 593. The van der Waals surface area contributed by atoms with Gasteiger partial charge in [-0.25, -0.2) is 0 Å². The van der Waals surface area contributed by atoms with Gasteiger partial charge in [-0.3, -0.25) is 0 Å². The minimum atomic E-state index is 0.345. The number of halogens is 2. The molecule has 0 saturated carbocycles. The van der Waals surface area contributed by atoms with E-state index in [1.54, 1.807) is 11.3 Å². The van der Waals surface area contributed by atoms with E-state index < -0.39 is 0 Å². The normalized spacial score (nSPS) is 19.6. The maximum absolute atomic E-state index is 6.17. The molecule has 0 spiro atoms. The number of hydrogen-bond donors (Lipinski definition) is 1. The number of nitrogens with one attached hydrogen (secondary N) is 1. The summed E-state index contributed by atoms with van der Waals surface area (Å²) in [6.45, 7) is 2.23. The van der Waals surface area contributed by atoms with Crippen molar-refractivity contribution in [1.29, 1.82) is 0 Å². The van der Waals surface area contributed by atoms with Crippen LogP contribution in [0, 0.1) is 0 Å².